The van der Waals surface area contributed by atoms with Gasteiger partial charge in [-0.15, -0.1) is 0 Å². The summed E-state index contributed by atoms with van der Waals surface area (Å²) in [6, 6.07) is 1.46. The van der Waals surface area contributed by atoms with Gasteiger partial charge in [0.2, 0.25) is 0 Å². The quantitative estimate of drug-likeness (QED) is 0.510. The van der Waals surface area contributed by atoms with Crippen LogP contribution in [0.2, 0.25) is 0 Å². The van der Waals surface area contributed by atoms with Gasteiger partial charge in [0.15, 0.2) is 17.3 Å². The smallest absolute Gasteiger partial charge is 0.435 e. The second-order valence-electron chi connectivity index (χ2n) is 12.3. The fourth-order valence-electron chi connectivity index (χ4n) is 4.84. The molecule has 4 N–H and O–H groups in total. The van der Waals surface area contributed by atoms with E-state index in [2.05, 4.69) is 5.10 Å². The van der Waals surface area contributed by atoms with E-state index in [9.17, 15) is 18.4 Å². The lowest BCUT2D eigenvalue weighted by Crippen LogP contribution is -2.51. The summed E-state index contributed by atoms with van der Waals surface area (Å²) < 4.78 is 51.8. The van der Waals surface area contributed by atoms with Crippen LogP contribution in [0, 0.1) is 11.6 Å². The van der Waals surface area contributed by atoms with Crippen molar-refractivity contribution in [2.24, 2.45) is 11.5 Å². The minimum atomic E-state index is -0.922. The summed E-state index contributed by atoms with van der Waals surface area (Å²) >= 11 is 0. The third-order valence-corrected chi connectivity index (χ3v) is 6.50. The number of nitrogens with zero attached hydrogens (tertiary/aromatic N) is 4. The number of nitrogens with two attached hydrogens (primary N) is 2. The van der Waals surface area contributed by atoms with Gasteiger partial charge in [0.05, 0.1) is 44.3 Å². The predicted molar refractivity (Wildman–Crippen MR) is 153 cm³/mol. The number of allylic oxidation sites excluding steroid dienone is 1. The lowest BCUT2D eigenvalue weighted by atomic mass is 10.1. The standard InChI is InChI=1S/C29H38F2N6O6/c1-28(2,3)42-26(38)36-13-17-10-18(41-19-12-34-37(15-19)27(39)43-29(4,5)6)14-35(17)23(25(36)33)11-22(32)20-8-16(30)9-21(31)24(20)40-7/h8-9,11-12,15,17-18H,10,13-14,32-33H2,1-7H3/b22-11-. The van der Waals surface area contributed by atoms with Gasteiger partial charge in [-0.1, -0.05) is 0 Å². The third-order valence-electron chi connectivity index (χ3n) is 6.50. The molecule has 0 spiro atoms. The fraction of sp³-hybridized carbons (Fsp3) is 0.483. The number of ether oxygens (including phenoxy) is 4. The molecule has 2 aliphatic rings. The Balaban J connectivity index is 1.65. The summed E-state index contributed by atoms with van der Waals surface area (Å²) in [6.45, 7) is 11.0. The Morgan fingerprint density at radius 3 is 2.33 bits per heavy atom. The number of benzene rings is 1. The first-order valence-electron chi connectivity index (χ1n) is 13.7. The minimum Gasteiger partial charge on any atom is -0.493 e. The van der Waals surface area contributed by atoms with Crippen LogP contribution in [0.25, 0.3) is 5.70 Å². The molecule has 2 atom stereocenters. The zero-order valence-corrected chi connectivity index (χ0v) is 25.3. The van der Waals surface area contributed by atoms with Crippen molar-refractivity contribution in [3.63, 3.8) is 0 Å². The van der Waals surface area contributed by atoms with Gasteiger partial charge < -0.3 is 35.3 Å². The van der Waals surface area contributed by atoms with E-state index in [4.69, 9.17) is 30.4 Å². The highest BCUT2D eigenvalue weighted by Gasteiger charge is 2.43. The summed E-state index contributed by atoms with van der Waals surface area (Å²) in [6.07, 6.45) is 3.01. The zero-order chi connectivity index (χ0) is 31.9. The van der Waals surface area contributed by atoms with Crippen LogP contribution in [0.1, 0.15) is 53.5 Å². The summed E-state index contributed by atoms with van der Waals surface area (Å²) in [5.41, 5.74) is 11.7. The summed E-state index contributed by atoms with van der Waals surface area (Å²) in [5.74, 6) is -1.62. The Hall–Kier alpha value is -4.49. The van der Waals surface area contributed by atoms with Crippen LogP contribution >= 0.6 is 0 Å². The molecule has 1 fully saturated rings. The lowest BCUT2D eigenvalue weighted by molar-refractivity contribution is 0.0243. The van der Waals surface area contributed by atoms with Crippen molar-refractivity contribution >= 4 is 17.9 Å². The highest BCUT2D eigenvalue weighted by molar-refractivity contribution is 5.74. The molecule has 2 aromatic rings. The number of carbonyl (C=O) groups excluding carboxylic acids is 2. The number of fused-ring (bicyclic) bond motifs is 1. The molecule has 4 rings (SSSR count). The number of halogens is 2. The molecule has 14 heteroatoms. The van der Waals surface area contributed by atoms with Crippen molar-refractivity contribution in [3.8, 4) is 11.5 Å². The average molecular weight is 605 g/mol. The van der Waals surface area contributed by atoms with Crippen molar-refractivity contribution in [3.05, 3.63) is 59.3 Å². The largest absolute Gasteiger partial charge is 0.493 e. The van der Waals surface area contributed by atoms with E-state index >= 15 is 0 Å². The molecule has 2 aliphatic heterocycles. The first-order valence-corrected chi connectivity index (χ1v) is 13.7. The Bertz CT molecular complexity index is 1460. The van der Waals surface area contributed by atoms with Crippen molar-refractivity contribution in [1.29, 1.82) is 0 Å². The molecule has 1 aromatic carbocycles. The Morgan fingerprint density at radius 1 is 1.05 bits per heavy atom. The maximum absolute atomic E-state index is 14.4. The first-order chi connectivity index (χ1) is 20.0. The number of hydrogen-bond donors (Lipinski definition) is 2. The van der Waals surface area contributed by atoms with E-state index in [1.54, 1.807) is 41.5 Å². The molecule has 1 aromatic heterocycles. The summed E-state index contributed by atoms with van der Waals surface area (Å²) in [7, 11) is 1.25. The molecule has 0 saturated carbocycles. The van der Waals surface area contributed by atoms with E-state index < -0.39 is 41.1 Å². The van der Waals surface area contributed by atoms with Crippen molar-refractivity contribution < 1.29 is 37.3 Å². The van der Waals surface area contributed by atoms with E-state index in [0.717, 1.165) is 10.7 Å². The Morgan fingerprint density at radius 2 is 1.70 bits per heavy atom. The van der Waals surface area contributed by atoms with Crippen LogP contribution in [0.4, 0.5) is 18.4 Å². The number of methoxy groups -OCH3 is 1. The van der Waals surface area contributed by atoms with Crippen LogP contribution in [0.3, 0.4) is 0 Å². The topological polar surface area (TPSA) is 147 Å². The Kier molecular flexibility index (Phi) is 8.52. The van der Waals surface area contributed by atoms with Gasteiger partial charge in [-0.3, -0.25) is 4.90 Å². The van der Waals surface area contributed by atoms with Crippen LogP contribution in [-0.4, -0.2) is 75.3 Å². The van der Waals surface area contributed by atoms with Crippen LogP contribution in [0.5, 0.6) is 11.5 Å². The van der Waals surface area contributed by atoms with Gasteiger partial charge in [-0.05, 0) is 53.7 Å². The van der Waals surface area contributed by atoms with Gasteiger partial charge in [0.1, 0.15) is 28.9 Å². The lowest BCUT2D eigenvalue weighted by Gasteiger charge is -2.39. The van der Waals surface area contributed by atoms with E-state index in [1.165, 1.54) is 30.5 Å². The monoisotopic (exact) mass is 604 g/mol. The SMILES string of the molecule is COc1c(F)cc(F)cc1/C(N)=C/C1=C(N)N(C(=O)OC(C)(C)C)CC2CC(Oc3cnn(C(=O)OC(C)(C)C)c3)CN12. The van der Waals surface area contributed by atoms with E-state index in [1.807, 2.05) is 4.90 Å². The first kappa shape index (κ1) is 31.4. The minimum absolute atomic E-state index is 0.0206. The number of carbonyl (C=O) groups is 2. The molecular weight excluding hydrogens is 566 g/mol. The molecule has 0 bridgehead atoms. The molecule has 1 amide bonds. The molecule has 1 saturated heterocycles. The molecule has 234 valence electrons. The van der Waals surface area contributed by atoms with Crippen LogP contribution in [0.15, 0.2) is 42.1 Å². The molecule has 12 nitrogen and oxygen atoms in total. The molecule has 0 aliphatic carbocycles. The second kappa shape index (κ2) is 11.7. The van der Waals surface area contributed by atoms with Crippen LogP contribution in [-0.2, 0) is 9.47 Å². The predicted octanol–water partition coefficient (Wildman–Crippen LogP) is 4.15. The van der Waals surface area contributed by atoms with Crippen LogP contribution < -0.4 is 20.9 Å². The number of aromatic nitrogens is 2. The molecule has 3 heterocycles. The molecular formula is C29H38F2N6O6. The summed E-state index contributed by atoms with van der Waals surface area (Å²) in [5, 5.41) is 4.04. The van der Waals surface area contributed by atoms with E-state index in [-0.39, 0.29) is 35.4 Å². The van der Waals surface area contributed by atoms with Crippen molar-refractivity contribution in [2.75, 3.05) is 20.2 Å². The molecule has 43 heavy (non-hydrogen) atoms. The second-order valence-corrected chi connectivity index (χ2v) is 12.3. The van der Waals surface area contributed by atoms with Gasteiger partial charge in [-0.25, -0.2) is 18.4 Å². The molecule has 2 unspecified atom stereocenters. The Labute approximate surface area is 248 Å². The maximum Gasteiger partial charge on any atom is 0.435 e. The van der Waals surface area contributed by atoms with Crippen molar-refractivity contribution in [2.45, 2.75) is 71.3 Å². The fourth-order valence-corrected chi connectivity index (χ4v) is 4.84. The highest BCUT2D eigenvalue weighted by Crippen LogP contribution is 2.35. The van der Waals surface area contributed by atoms with Gasteiger partial charge in [0.25, 0.3) is 0 Å². The zero-order valence-electron chi connectivity index (χ0n) is 25.3. The molecule has 0 radical (unpaired) electrons. The third kappa shape index (κ3) is 7.30. The summed E-state index contributed by atoms with van der Waals surface area (Å²) in [4.78, 5) is 28.7. The average Bonchev–Trinajstić information content (AvgIpc) is 3.50. The highest BCUT2D eigenvalue weighted by atomic mass is 19.1. The van der Waals surface area contributed by atoms with E-state index in [0.29, 0.717) is 30.5 Å². The number of hydrogen-bond acceptors (Lipinski definition) is 10. The van der Waals surface area contributed by atoms with Gasteiger partial charge >= 0.3 is 12.2 Å². The number of rotatable bonds is 5. The van der Waals surface area contributed by atoms with Gasteiger partial charge in [-0.2, -0.15) is 9.78 Å². The van der Waals surface area contributed by atoms with Gasteiger partial charge in [0, 0.05) is 23.7 Å². The van der Waals surface area contributed by atoms with Crippen molar-refractivity contribution in [1.82, 2.24) is 19.6 Å². The number of amides is 1. The maximum atomic E-state index is 14.4. The normalized spacial score (nSPS) is 19.3.